The van der Waals surface area contributed by atoms with Crippen LogP contribution in [0.2, 0.25) is 0 Å². The van der Waals surface area contributed by atoms with Gasteiger partial charge in [-0.1, -0.05) is 11.3 Å². The lowest BCUT2D eigenvalue weighted by Gasteiger charge is -1.86. The molecule has 2 rings (SSSR count). The first-order valence-corrected chi connectivity index (χ1v) is 5.04. The number of rotatable bonds is 2. The molecule has 0 saturated heterocycles. The molecule has 66 valence electrons. The largest absolute Gasteiger partial charge is 0.305 e. The standard InChI is InChI=1S/C7H4BrN3OS/c8-5-2-1-4-6(11-5)13-7(10-4)9-3-12/h1-3H,(H,9,10,12). The summed E-state index contributed by atoms with van der Waals surface area (Å²) in [4.78, 5) is 19.3. The summed E-state index contributed by atoms with van der Waals surface area (Å²) < 4.78 is 0.765. The van der Waals surface area contributed by atoms with E-state index in [4.69, 9.17) is 0 Å². The van der Waals surface area contributed by atoms with E-state index in [1.54, 1.807) is 0 Å². The topological polar surface area (TPSA) is 54.9 Å². The van der Waals surface area contributed by atoms with Crippen LogP contribution < -0.4 is 5.32 Å². The number of aromatic nitrogens is 2. The van der Waals surface area contributed by atoms with E-state index in [1.165, 1.54) is 11.3 Å². The fourth-order valence-corrected chi connectivity index (χ4v) is 2.13. The molecule has 0 radical (unpaired) electrons. The van der Waals surface area contributed by atoms with Gasteiger partial charge in [0.2, 0.25) is 6.41 Å². The van der Waals surface area contributed by atoms with Gasteiger partial charge in [-0.3, -0.25) is 4.79 Å². The summed E-state index contributed by atoms with van der Waals surface area (Å²) in [6.45, 7) is 0. The summed E-state index contributed by atoms with van der Waals surface area (Å²) in [6.07, 6.45) is 0.604. The quantitative estimate of drug-likeness (QED) is 0.662. The number of hydrogen-bond donors (Lipinski definition) is 1. The van der Waals surface area contributed by atoms with E-state index in [0.717, 1.165) is 15.0 Å². The van der Waals surface area contributed by atoms with Crippen molar-refractivity contribution in [2.45, 2.75) is 0 Å². The highest BCUT2D eigenvalue weighted by Gasteiger charge is 2.03. The number of carbonyl (C=O) groups is 1. The van der Waals surface area contributed by atoms with Crippen molar-refractivity contribution < 1.29 is 4.79 Å². The van der Waals surface area contributed by atoms with E-state index < -0.39 is 0 Å². The Kier molecular flexibility index (Phi) is 2.24. The van der Waals surface area contributed by atoms with E-state index in [9.17, 15) is 4.79 Å². The lowest BCUT2D eigenvalue weighted by atomic mass is 10.5. The zero-order chi connectivity index (χ0) is 9.26. The van der Waals surface area contributed by atoms with Crippen LogP contribution in [0.5, 0.6) is 0 Å². The van der Waals surface area contributed by atoms with Crippen molar-refractivity contribution >= 4 is 49.2 Å². The molecule has 0 aliphatic heterocycles. The van der Waals surface area contributed by atoms with E-state index in [1.807, 2.05) is 12.1 Å². The van der Waals surface area contributed by atoms with Crippen LogP contribution in [0.25, 0.3) is 10.3 Å². The first kappa shape index (κ1) is 8.58. The maximum atomic E-state index is 10.1. The molecule has 0 saturated carbocycles. The van der Waals surface area contributed by atoms with Gasteiger partial charge in [-0.25, -0.2) is 9.97 Å². The molecule has 4 nitrogen and oxygen atoms in total. The van der Waals surface area contributed by atoms with Gasteiger partial charge in [-0.15, -0.1) is 0 Å². The number of nitrogens with zero attached hydrogens (tertiary/aromatic N) is 2. The van der Waals surface area contributed by atoms with Crippen LogP contribution in [0.4, 0.5) is 5.13 Å². The molecule has 0 unspecified atom stereocenters. The second kappa shape index (κ2) is 3.39. The highest BCUT2D eigenvalue weighted by Crippen LogP contribution is 2.24. The Labute approximate surface area is 86.1 Å². The molecule has 0 spiro atoms. The molecule has 0 aromatic carbocycles. The second-order valence-corrected chi connectivity index (χ2v) is 4.03. The van der Waals surface area contributed by atoms with Crippen LogP contribution in [0.3, 0.4) is 0 Å². The van der Waals surface area contributed by atoms with Crippen molar-refractivity contribution in [3.05, 3.63) is 16.7 Å². The third kappa shape index (κ3) is 1.68. The van der Waals surface area contributed by atoms with Crippen LogP contribution in [0, 0.1) is 0 Å². The van der Waals surface area contributed by atoms with Gasteiger partial charge in [0, 0.05) is 0 Å². The third-order valence-corrected chi connectivity index (χ3v) is 2.74. The summed E-state index contributed by atoms with van der Waals surface area (Å²) in [5.41, 5.74) is 0.789. The van der Waals surface area contributed by atoms with Gasteiger partial charge in [0.1, 0.15) is 15.0 Å². The minimum atomic E-state index is 0.565. The number of halogens is 1. The van der Waals surface area contributed by atoms with Crippen LogP contribution in [-0.4, -0.2) is 16.4 Å². The van der Waals surface area contributed by atoms with Gasteiger partial charge >= 0.3 is 0 Å². The molecule has 0 atom stereocenters. The number of nitrogens with one attached hydrogen (secondary N) is 1. The van der Waals surface area contributed by atoms with Crippen molar-refractivity contribution in [3.63, 3.8) is 0 Å². The van der Waals surface area contributed by atoms with E-state index >= 15 is 0 Å². The molecule has 2 heterocycles. The predicted octanol–water partition coefficient (Wildman–Crippen LogP) is 2.02. The smallest absolute Gasteiger partial charge is 0.213 e. The molecule has 6 heteroatoms. The lowest BCUT2D eigenvalue weighted by molar-refractivity contribution is -0.105. The van der Waals surface area contributed by atoms with Crippen LogP contribution in [0.15, 0.2) is 16.7 Å². The molecule has 13 heavy (non-hydrogen) atoms. The molecule has 2 aromatic rings. The van der Waals surface area contributed by atoms with Gasteiger partial charge in [0.15, 0.2) is 5.13 Å². The summed E-state index contributed by atoms with van der Waals surface area (Å²) in [5, 5.41) is 3.05. The zero-order valence-corrected chi connectivity index (χ0v) is 8.72. The van der Waals surface area contributed by atoms with Crippen molar-refractivity contribution in [1.29, 1.82) is 0 Å². The number of hydrogen-bond acceptors (Lipinski definition) is 4. The van der Waals surface area contributed by atoms with Crippen LogP contribution >= 0.6 is 27.3 Å². The van der Waals surface area contributed by atoms with Crippen molar-refractivity contribution in [1.82, 2.24) is 9.97 Å². The fraction of sp³-hybridized carbons (Fsp3) is 0. The lowest BCUT2D eigenvalue weighted by Crippen LogP contribution is -1.91. The van der Waals surface area contributed by atoms with Gasteiger partial charge < -0.3 is 5.32 Å². The van der Waals surface area contributed by atoms with E-state index in [2.05, 4.69) is 31.2 Å². The van der Waals surface area contributed by atoms with Crippen LogP contribution in [-0.2, 0) is 4.79 Å². The minimum Gasteiger partial charge on any atom is -0.305 e. The molecule has 0 aliphatic carbocycles. The Morgan fingerprint density at radius 3 is 3.08 bits per heavy atom. The number of fused-ring (bicyclic) bond motifs is 1. The first-order valence-electron chi connectivity index (χ1n) is 3.43. The summed E-state index contributed by atoms with van der Waals surface area (Å²) in [5.74, 6) is 0. The maximum absolute atomic E-state index is 10.1. The monoisotopic (exact) mass is 257 g/mol. The SMILES string of the molecule is O=CNc1nc2ccc(Br)nc2s1. The molecule has 1 N–H and O–H groups in total. The molecule has 1 amide bonds. The van der Waals surface area contributed by atoms with Gasteiger partial charge in [-0.2, -0.15) is 0 Å². The molecule has 0 aliphatic rings. The Morgan fingerprint density at radius 2 is 2.31 bits per heavy atom. The molecular formula is C7H4BrN3OS. The highest BCUT2D eigenvalue weighted by atomic mass is 79.9. The second-order valence-electron chi connectivity index (χ2n) is 2.24. The molecule has 2 aromatic heterocycles. The molecular weight excluding hydrogens is 254 g/mol. The van der Waals surface area contributed by atoms with E-state index in [-0.39, 0.29) is 0 Å². The average molecular weight is 258 g/mol. The van der Waals surface area contributed by atoms with Gasteiger partial charge in [-0.05, 0) is 28.1 Å². The molecule has 0 bridgehead atoms. The maximum Gasteiger partial charge on any atom is 0.213 e. The fourth-order valence-electron chi connectivity index (χ4n) is 0.907. The van der Waals surface area contributed by atoms with E-state index in [0.29, 0.717) is 11.5 Å². The number of pyridine rings is 1. The minimum absolute atomic E-state index is 0.565. The van der Waals surface area contributed by atoms with Crippen molar-refractivity contribution in [2.75, 3.05) is 5.32 Å². The normalized spacial score (nSPS) is 10.2. The Bertz CT molecular complexity index is 456. The Balaban J connectivity index is 2.55. The zero-order valence-electron chi connectivity index (χ0n) is 6.32. The summed E-state index contributed by atoms with van der Waals surface area (Å²) in [6, 6.07) is 3.66. The van der Waals surface area contributed by atoms with Crippen molar-refractivity contribution in [3.8, 4) is 0 Å². The predicted molar refractivity (Wildman–Crippen MR) is 54.8 cm³/mol. The van der Waals surface area contributed by atoms with Gasteiger partial charge in [0.05, 0.1) is 0 Å². The number of carbonyl (C=O) groups excluding carboxylic acids is 1. The highest BCUT2D eigenvalue weighted by molar-refractivity contribution is 9.10. The summed E-state index contributed by atoms with van der Waals surface area (Å²) >= 11 is 4.60. The van der Waals surface area contributed by atoms with Gasteiger partial charge in [0.25, 0.3) is 0 Å². The Hall–Kier alpha value is -1.01. The van der Waals surface area contributed by atoms with Crippen molar-refractivity contribution in [2.24, 2.45) is 0 Å². The third-order valence-electron chi connectivity index (χ3n) is 1.40. The Morgan fingerprint density at radius 1 is 1.46 bits per heavy atom. The number of anilines is 1. The first-order chi connectivity index (χ1) is 6.29. The van der Waals surface area contributed by atoms with Crippen LogP contribution in [0.1, 0.15) is 0 Å². The average Bonchev–Trinajstić information content (AvgIpc) is 2.46. The number of amides is 1. The number of thiazole rings is 1. The molecule has 0 fully saturated rings. The summed E-state index contributed by atoms with van der Waals surface area (Å²) in [7, 11) is 0.